The number of alkyl halides is 3. The molecule has 10 heteroatoms. The molecule has 0 unspecified atom stereocenters. The fourth-order valence-electron chi connectivity index (χ4n) is 3.02. The summed E-state index contributed by atoms with van der Waals surface area (Å²) in [6.45, 7) is 4.88. The highest BCUT2D eigenvalue weighted by Gasteiger charge is 2.31. The molecule has 0 aliphatic carbocycles. The molecule has 33 heavy (non-hydrogen) atoms. The zero-order chi connectivity index (χ0) is 24.2. The van der Waals surface area contributed by atoms with Gasteiger partial charge in [0.1, 0.15) is 16.5 Å². The molecule has 0 amide bonds. The Hall–Kier alpha value is -3.14. The summed E-state index contributed by atoms with van der Waals surface area (Å²) < 4.78 is 50.6. The van der Waals surface area contributed by atoms with Crippen molar-refractivity contribution in [2.45, 2.75) is 52.0 Å². The number of carbonyl (C=O) groups is 1. The number of hydrogen-bond acceptors (Lipinski definition) is 6. The van der Waals surface area contributed by atoms with Gasteiger partial charge in [-0.2, -0.15) is 4.37 Å². The number of aromatic nitrogens is 2. The van der Waals surface area contributed by atoms with Gasteiger partial charge < -0.3 is 14.6 Å². The molecule has 176 valence electrons. The molecule has 0 aliphatic heterocycles. The second kappa shape index (κ2) is 9.78. The minimum absolute atomic E-state index is 0.292. The van der Waals surface area contributed by atoms with Gasteiger partial charge in [0.15, 0.2) is 11.4 Å². The van der Waals surface area contributed by atoms with E-state index in [1.165, 1.54) is 49.6 Å². The molecule has 1 N–H and O–H groups in total. The van der Waals surface area contributed by atoms with Crippen molar-refractivity contribution in [1.82, 2.24) is 9.36 Å². The van der Waals surface area contributed by atoms with Gasteiger partial charge in [0.25, 0.3) is 0 Å². The van der Waals surface area contributed by atoms with E-state index in [4.69, 9.17) is 4.74 Å². The Bertz CT molecular complexity index is 1110. The van der Waals surface area contributed by atoms with E-state index < -0.39 is 17.9 Å². The van der Waals surface area contributed by atoms with Crippen LogP contribution in [-0.2, 0) is 17.6 Å². The Labute approximate surface area is 193 Å². The molecule has 0 aliphatic rings. The lowest BCUT2D eigenvalue weighted by Gasteiger charge is -2.23. The quantitative estimate of drug-likeness (QED) is 0.415. The normalized spacial score (nSPS) is 11.9. The van der Waals surface area contributed by atoms with Crippen molar-refractivity contribution in [3.05, 3.63) is 58.6 Å². The van der Waals surface area contributed by atoms with Crippen LogP contribution in [0.3, 0.4) is 0 Å². The van der Waals surface area contributed by atoms with Gasteiger partial charge in [0.2, 0.25) is 0 Å². The zero-order valence-corrected chi connectivity index (χ0v) is 19.1. The summed E-state index contributed by atoms with van der Waals surface area (Å²) in [5.74, 6) is -0.327. The summed E-state index contributed by atoms with van der Waals surface area (Å²) in [6.07, 6.45) is -2.40. The first-order valence-corrected chi connectivity index (χ1v) is 10.9. The monoisotopic (exact) mass is 480 g/mol. The van der Waals surface area contributed by atoms with Crippen LogP contribution in [0.5, 0.6) is 11.5 Å². The molecular weight excluding hydrogens is 457 g/mol. The molecule has 0 saturated carbocycles. The Kier molecular flexibility index (Phi) is 7.26. The van der Waals surface area contributed by atoms with Crippen molar-refractivity contribution < 1.29 is 32.5 Å². The van der Waals surface area contributed by atoms with E-state index in [1.54, 1.807) is 6.07 Å². The van der Waals surface area contributed by atoms with Gasteiger partial charge in [-0.05, 0) is 86.6 Å². The minimum atomic E-state index is -4.73. The van der Waals surface area contributed by atoms with E-state index in [2.05, 4.69) is 14.1 Å². The number of aryl methyl sites for hydroxylation is 3. The number of rotatable bonds is 9. The molecule has 0 saturated heterocycles. The first kappa shape index (κ1) is 24.5. The van der Waals surface area contributed by atoms with Gasteiger partial charge in [0.05, 0.1) is 0 Å². The lowest BCUT2D eigenvalue weighted by Crippen LogP contribution is -2.38. The van der Waals surface area contributed by atoms with Crippen molar-refractivity contribution in [2.24, 2.45) is 0 Å². The predicted octanol–water partition coefficient (Wildman–Crippen LogP) is 5.83. The third kappa shape index (κ3) is 6.92. The number of nitrogens with zero attached hydrogens (tertiary/aromatic N) is 2. The second-order valence-electron chi connectivity index (χ2n) is 7.95. The maximum Gasteiger partial charge on any atom is 0.573 e. The van der Waals surface area contributed by atoms with Crippen LogP contribution in [0, 0.1) is 6.92 Å². The largest absolute Gasteiger partial charge is 0.573 e. The lowest BCUT2D eigenvalue weighted by atomic mass is 10.0. The molecule has 0 fully saturated rings. The number of ether oxygens (including phenoxy) is 2. The van der Waals surface area contributed by atoms with Crippen molar-refractivity contribution in [3.8, 4) is 22.9 Å². The third-order valence-corrected chi connectivity index (χ3v) is 5.56. The summed E-state index contributed by atoms with van der Waals surface area (Å²) >= 11 is 1.26. The highest BCUT2D eigenvalue weighted by molar-refractivity contribution is 7.05. The molecule has 0 bridgehead atoms. The van der Waals surface area contributed by atoms with Gasteiger partial charge in [0, 0.05) is 12.0 Å². The van der Waals surface area contributed by atoms with E-state index >= 15 is 0 Å². The van der Waals surface area contributed by atoms with Crippen LogP contribution >= 0.6 is 11.5 Å². The number of carboxylic acids is 1. The number of hydrogen-bond donors (Lipinski definition) is 1. The van der Waals surface area contributed by atoms with Crippen molar-refractivity contribution in [3.63, 3.8) is 0 Å². The highest BCUT2D eigenvalue weighted by Crippen LogP contribution is 2.27. The molecule has 1 heterocycles. The first-order valence-electron chi connectivity index (χ1n) is 10.1. The van der Waals surface area contributed by atoms with Gasteiger partial charge in [-0.1, -0.05) is 12.1 Å². The smallest absolute Gasteiger partial charge is 0.478 e. The Morgan fingerprint density at radius 2 is 1.76 bits per heavy atom. The van der Waals surface area contributed by atoms with Crippen LogP contribution in [0.2, 0.25) is 0 Å². The predicted molar refractivity (Wildman–Crippen MR) is 118 cm³/mol. The third-order valence-electron chi connectivity index (χ3n) is 4.79. The molecule has 3 aromatic rings. The van der Waals surface area contributed by atoms with E-state index in [0.717, 1.165) is 29.0 Å². The SMILES string of the molecule is Cc1cc(CCCc2nc(-c3ccc(OC(F)(F)F)cc3)ns2)ccc1OC(C)(C)C(=O)O. The van der Waals surface area contributed by atoms with Gasteiger partial charge in [-0.3, -0.25) is 0 Å². The van der Waals surface area contributed by atoms with Crippen molar-refractivity contribution >= 4 is 17.5 Å². The molecular formula is C23H23F3N2O4S. The average molecular weight is 481 g/mol. The van der Waals surface area contributed by atoms with Crippen LogP contribution in [0.15, 0.2) is 42.5 Å². The zero-order valence-electron chi connectivity index (χ0n) is 18.3. The maximum absolute atomic E-state index is 12.3. The maximum atomic E-state index is 12.3. The molecule has 3 rings (SSSR count). The van der Waals surface area contributed by atoms with Crippen LogP contribution in [0.1, 0.15) is 36.4 Å². The molecule has 0 spiro atoms. The first-order chi connectivity index (χ1) is 15.4. The molecule has 2 aromatic carbocycles. The molecule has 6 nitrogen and oxygen atoms in total. The Morgan fingerprint density at radius 1 is 1.06 bits per heavy atom. The van der Waals surface area contributed by atoms with Gasteiger partial charge >= 0.3 is 12.3 Å². The van der Waals surface area contributed by atoms with Gasteiger partial charge in [-0.15, -0.1) is 13.2 Å². The van der Waals surface area contributed by atoms with Crippen molar-refractivity contribution in [2.75, 3.05) is 0 Å². The van der Waals surface area contributed by atoms with Crippen LogP contribution in [0.4, 0.5) is 13.2 Å². The summed E-state index contributed by atoms with van der Waals surface area (Å²) in [4.78, 5) is 15.7. The van der Waals surface area contributed by atoms with Crippen LogP contribution < -0.4 is 9.47 Å². The minimum Gasteiger partial charge on any atom is -0.478 e. The number of aliphatic carboxylic acids is 1. The van der Waals surface area contributed by atoms with E-state index in [-0.39, 0.29) is 5.75 Å². The molecule has 1 aromatic heterocycles. The fourth-order valence-corrected chi connectivity index (χ4v) is 3.72. The molecule has 0 atom stereocenters. The van der Waals surface area contributed by atoms with E-state index in [1.807, 2.05) is 19.1 Å². The highest BCUT2D eigenvalue weighted by atomic mass is 32.1. The van der Waals surface area contributed by atoms with E-state index in [9.17, 15) is 23.1 Å². The second-order valence-corrected chi connectivity index (χ2v) is 8.79. The van der Waals surface area contributed by atoms with E-state index in [0.29, 0.717) is 23.6 Å². The standard InChI is InChI=1S/C23H23F3N2O4S/c1-14-13-15(7-12-18(14)32-22(2,3)21(29)30)5-4-6-19-27-20(28-33-19)16-8-10-17(11-9-16)31-23(24,25)26/h7-13H,4-6H2,1-3H3,(H,29,30). The molecule has 0 radical (unpaired) electrons. The summed E-state index contributed by atoms with van der Waals surface area (Å²) in [7, 11) is 0. The fraction of sp³-hybridized carbons (Fsp3) is 0.348. The summed E-state index contributed by atoms with van der Waals surface area (Å²) in [6, 6.07) is 11.1. The lowest BCUT2D eigenvalue weighted by molar-refractivity contribution is -0.274. The number of benzene rings is 2. The summed E-state index contributed by atoms with van der Waals surface area (Å²) in [5, 5.41) is 10.1. The van der Waals surface area contributed by atoms with Crippen LogP contribution in [0.25, 0.3) is 11.4 Å². The average Bonchev–Trinajstić information content (AvgIpc) is 3.18. The Balaban J connectivity index is 1.55. The van der Waals surface area contributed by atoms with Crippen LogP contribution in [-0.4, -0.2) is 32.4 Å². The number of halogens is 3. The van der Waals surface area contributed by atoms with Gasteiger partial charge in [-0.25, -0.2) is 9.78 Å². The summed E-state index contributed by atoms with van der Waals surface area (Å²) in [5.41, 5.74) is 1.26. The number of carboxylic acid groups (broad SMARTS) is 1. The topological polar surface area (TPSA) is 81.5 Å². The van der Waals surface area contributed by atoms with Crippen molar-refractivity contribution in [1.29, 1.82) is 0 Å². The Morgan fingerprint density at radius 3 is 2.36 bits per heavy atom.